The van der Waals surface area contributed by atoms with E-state index in [-0.39, 0.29) is 11.6 Å². The molecule has 1 heterocycles. The van der Waals surface area contributed by atoms with Crippen molar-refractivity contribution >= 4 is 23.0 Å². The van der Waals surface area contributed by atoms with Crippen LogP contribution in [0.3, 0.4) is 0 Å². The molecule has 0 bridgehead atoms. The van der Waals surface area contributed by atoms with Crippen LogP contribution in [0.25, 0.3) is 0 Å². The Morgan fingerprint density at radius 1 is 1.47 bits per heavy atom. The van der Waals surface area contributed by atoms with Crippen molar-refractivity contribution in [1.82, 2.24) is 4.98 Å². The van der Waals surface area contributed by atoms with Gasteiger partial charge in [0.05, 0.1) is 11.6 Å². The van der Waals surface area contributed by atoms with Crippen LogP contribution in [-0.2, 0) is 0 Å². The van der Waals surface area contributed by atoms with Crippen molar-refractivity contribution in [2.45, 2.75) is 13.0 Å². The Hall–Kier alpha value is -1.88. The molecule has 4 nitrogen and oxygen atoms in total. The molecule has 1 unspecified atom stereocenters. The van der Waals surface area contributed by atoms with Gasteiger partial charge in [-0.25, -0.2) is 9.78 Å². The molecule has 0 aliphatic rings. The Bertz CT molecular complexity index is 511. The summed E-state index contributed by atoms with van der Waals surface area (Å²) in [6, 6.07) is 6.86. The van der Waals surface area contributed by atoms with Crippen LogP contribution in [0.5, 0.6) is 0 Å². The van der Waals surface area contributed by atoms with E-state index in [2.05, 4.69) is 10.3 Å². The molecule has 0 fully saturated rings. The largest absolute Gasteiger partial charge is 0.478 e. The third-order valence-corrected chi connectivity index (χ3v) is 3.31. The predicted molar refractivity (Wildman–Crippen MR) is 67.6 cm³/mol. The first-order valence-electron chi connectivity index (χ1n) is 5.16. The summed E-state index contributed by atoms with van der Waals surface area (Å²) in [6.45, 7) is 1.96. The average molecular weight is 248 g/mol. The summed E-state index contributed by atoms with van der Waals surface area (Å²) in [4.78, 5) is 15.2. The Morgan fingerprint density at radius 2 is 2.24 bits per heavy atom. The van der Waals surface area contributed by atoms with Crippen molar-refractivity contribution in [2.75, 3.05) is 5.32 Å². The number of hydrogen-bond donors (Lipinski definition) is 2. The molecule has 0 saturated heterocycles. The van der Waals surface area contributed by atoms with Crippen molar-refractivity contribution < 1.29 is 9.90 Å². The zero-order valence-corrected chi connectivity index (χ0v) is 10.1. The molecule has 0 spiro atoms. The van der Waals surface area contributed by atoms with Gasteiger partial charge in [-0.05, 0) is 19.1 Å². The molecular weight excluding hydrogens is 236 g/mol. The van der Waals surface area contributed by atoms with Crippen LogP contribution in [0, 0.1) is 0 Å². The molecule has 0 saturated carbocycles. The summed E-state index contributed by atoms with van der Waals surface area (Å²) in [5.74, 6) is -0.931. The minimum absolute atomic E-state index is 0.00417. The highest BCUT2D eigenvalue weighted by atomic mass is 32.1. The van der Waals surface area contributed by atoms with Gasteiger partial charge in [0.25, 0.3) is 0 Å². The molecule has 2 rings (SSSR count). The number of carboxylic acid groups (broad SMARTS) is 1. The summed E-state index contributed by atoms with van der Waals surface area (Å²) < 4.78 is 0. The zero-order valence-electron chi connectivity index (χ0n) is 9.25. The third-order valence-electron chi connectivity index (χ3n) is 2.35. The van der Waals surface area contributed by atoms with Crippen LogP contribution in [0.1, 0.15) is 28.3 Å². The second kappa shape index (κ2) is 4.97. The molecule has 5 heteroatoms. The van der Waals surface area contributed by atoms with E-state index >= 15 is 0 Å². The standard InChI is InChI=1S/C12H12N2O2S/c1-8(11-13-6-7-17-11)14-10-5-3-2-4-9(10)12(15)16/h2-8,14H,1H3,(H,15,16). The van der Waals surface area contributed by atoms with Gasteiger partial charge in [-0.2, -0.15) is 0 Å². The topological polar surface area (TPSA) is 62.2 Å². The lowest BCUT2D eigenvalue weighted by atomic mass is 10.1. The van der Waals surface area contributed by atoms with E-state index in [9.17, 15) is 4.79 Å². The fourth-order valence-corrected chi connectivity index (χ4v) is 2.18. The average Bonchev–Trinajstić information content (AvgIpc) is 2.83. The van der Waals surface area contributed by atoms with Crippen LogP contribution >= 0.6 is 11.3 Å². The summed E-state index contributed by atoms with van der Waals surface area (Å²) in [5.41, 5.74) is 0.888. The third kappa shape index (κ3) is 2.62. The second-order valence-corrected chi connectivity index (χ2v) is 4.51. The lowest BCUT2D eigenvalue weighted by molar-refractivity contribution is 0.0698. The number of hydrogen-bond acceptors (Lipinski definition) is 4. The number of aromatic nitrogens is 1. The van der Waals surface area contributed by atoms with E-state index in [4.69, 9.17) is 5.11 Å². The van der Waals surface area contributed by atoms with Gasteiger partial charge >= 0.3 is 5.97 Å². The molecule has 0 radical (unpaired) electrons. The van der Waals surface area contributed by atoms with Gasteiger partial charge in [-0.15, -0.1) is 11.3 Å². The summed E-state index contributed by atoms with van der Waals surface area (Å²) in [7, 11) is 0. The molecule has 1 aromatic heterocycles. The number of benzene rings is 1. The molecule has 0 aliphatic heterocycles. The van der Waals surface area contributed by atoms with E-state index in [0.29, 0.717) is 5.69 Å². The normalized spacial score (nSPS) is 12.1. The zero-order chi connectivity index (χ0) is 12.3. The van der Waals surface area contributed by atoms with Crippen LogP contribution in [0.15, 0.2) is 35.8 Å². The van der Waals surface area contributed by atoms with Crippen LogP contribution in [-0.4, -0.2) is 16.1 Å². The highest BCUT2D eigenvalue weighted by molar-refractivity contribution is 7.09. The number of anilines is 1. The van der Waals surface area contributed by atoms with E-state index in [1.165, 1.54) is 0 Å². The van der Waals surface area contributed by atoms with Crippen LogP contribution < -0.4 is 5.32 Å². The molecular formula is C12H12N2O2S. The molecule has 2 aromatic rings. The van der Waals surface area contributed by atoms with Crippen molar-refractivity contribution in [3.05, 3.63) is 46.4 Å². The predicted octanol–water partition coefficient (Wildman–Crippen LogP) is 3.01. The first-order chi connectivity index (χ1) is 8.18. The number of para-hydroxylation sites is 1. The molecule has 0 amide bonds. The van der Waals surface area contributed by atoms with E-state index in [1.54, 1.807) is 35.7 Å². The summed E-state index contributed by atoms with van der Waals surface area (Å²) in [6.07, 6.45) is 1.74. The van der Waals surface area contributed by atoms with E-state index < -0.39 is 5.97 Å². The summed E-state index contributed by atoms with van der Waals surface area (Å²) >= 11 is 1.54. The van der Waals surface area contributed by atoms with Crippen molar-refractivity contribution in [3.8, 4) is 0 Å². The first-order valence-corrected chi connectivity index (χ1v) is 6.04. The van der Waals surface area contributed by atoms with E-state index in [0.717, 1.165) is 5.01 Å². The maximum Gasteiger partial charge on any atom is 0.337 e. The maximum absolute atomic E-state index is 11.0. The van der Waals surface area contributed by atoms with Gasteiger partial charge in [-0.3, -0.25) is 0 Å². The number of thiazole rings is 1. The lowest BCUT2D eigenvalue weighted by Crippen LogP contribution is -2.10. The van der Waals surface area contributed by atoms with Gasteiger partial charge in [-0.1, -0.05) is 12.1 Å². The van der Waals surface area contributed by atoms with Gasteiger partial charge in [0.15, 0.2) is 0 Å². The Balaban J connectivity index is 2.21. The Morgan fingerprint density at radius 3 is 2.88 bits per heavy atom. The van der Waals surface area contributed by atoms with Gasteiger partial charge in [0.1, 0.15) is 5.01 Å². The molecule has 2 N–H and O–H groups in total. The smallest absolute Gasteiger partial charge is 0.337 e. The minimum atomic E-state index is -0.931. The quantitative estimate of drug-likeness (QED) is 0.873. The summed E-state index contributed by atoms with van der Waals surface area (Å²) in [5, 5.41) is 15.1. The monoisotopic (exact) mass is 248 g/mol. The Labute approximate surface area is 103 Å². The SMILES string of the molecule is CC(Nc1ccccc1C(=O)O)c1nccs1. The highest BCUT2D eigenvalue weighted by Gasteiger charge is 2.13. The van der Waals surface area contributed by atoms with Crippen LogP contribution in [0.2, 0.25) is 0 Å². The number of nitrogens with zero attached hydrogens (tertiary/aromatic N) is 1. The number of carbonyl (C=O) groups is 1. The fraction of sp³-hybridized carbons (Fsp3) is 0.167. The number of carboxylic acids is 1. The number of aromatic carboxylic acids is 1. The first kappa shape index (κ1) is 11.6. The maximum atomic E-state index is 11.0. The van der Waals surface area contributed by atoms with Crippen LogP contribution in [0.4, 0.5) is 5.69 Å². The number of nitrogens with one attached hydrogen (secondary N) is 1. The van der Waals surface area contributed by atoms with Gasteiger partial charge in [0, 0.05) is 17.3 Å². The molecule has 1 aromatic carbocycles. The van der Waals surface area contributed by atoms with Crippen molar-refractivity contribution in [1.29, 1.82) is 0 Å². The minimum Gasteiger partial charge on any atom is -0.478 e. The Kier molecular flexibility index (Phi) is 3.39. The van der Waals surface area contributed by atoms with Gasteiger partial charge in [0.2, 0.25) is 0 Å². The highest BCUT2D eigenvalue weighted by Crippen LogP contribution is 2.23. The molecule has 1 atom stereocenters. The molecule has 0 aliphatic carbocycles. The fourth-order valence-electron chi connectivity index (χ4n) is 1.54. The molecule has 17 heavy (non-hydrogen) atoms. The van der Waals surface area contributed by atoms with Crippen molar-refractivity contribution in [3.63, 3.8) is 0 Å². The lowest BCUT2D eigenvalue weighted by Gasteiger charge is -2.14. The van der Waals surface area contributed by atoms with E-state index in [1.807, 2.05) is 18.4 Å². The molecule has 88 valence electrons. The van der Waals surface area contributed by atoms with Crippen molar-refractivity contribution in [2.24, 2.45) is 0 Å². The number of rotatable bonds is 4. The second-order valence-electron chi connectivity index (χ2n) is 3.59. The van der Waals surface area contributed by atoms with Gasteiger partial charge < -0.3 is 10.4 Å².